The minimum atomic E-state index is -0.260. The van der Waals surface area contributed by atoms with Crippen LogP contribution in [0.25, 0.3) is 0 Å². The predicted molar refractivity (Wildman–Crippen MR) is 111 cm³/mol. The van der Waals surface area contributed by atoms with Crippen LogP contribution in [0, 0.1) is 0 Å². The summed E-state index contributed by atoms with van der Waals surface area (Å²) in [5.41, 5.74) is 2.65. The topological polar surface area (TPSA) is 73.5 Å². The van der Waals surface area contributed by atoms with Crippen molar-refractivity contribution in [3.63, 3.8) is 0 Å². The van der Waals surface area contributed by atoms with Crippen molar-refractivity contribution in [2.75, 3.05) is 32.0 Å². The highest BCUT2D eigenvalue weighted by Crippen LogP contribution is 2.24. The number of carbonyl (C=O) groups is 2. The Morgan fingerprint density at radius 1 is 1.00 bits per heavy atom. The van der Waals surface area contributed by atoms with Crippen LogP contribution in [-0.2, 0) is 11.2 Å². The normalized spacial score (nSPS) is 15.0. The third-order valence-electron chi connectivity index (χ3n) is 5.12. The molecule has 1 fully saturated rings. The molecule has 1 aliphatic heterocycles. The number of amides is 3. The van der Waals surface area contributed by atoms with Crippen molar-refractivity contribution >= 4 is 17.6 Å². The maximum Gasteiger partial charge on any atom is 0.319 e. The summed E-state index contributed by atoms with van der Waals surface area (Å²) in [4.78, 5) is 26.6. The number of hydrogen-bond acceptors (Lipinski definition) is 3. The number of urea groups is 1. The molecule has 0 radical (unpaired) electrons. The van der Waals surface area contributed by atoms with E-state index in [1.165, 1.54) is 18.4 Å². The van der Waals surface area contributed by atoms with Crippen LogP contribution in [0.2, 0.25) is 0 Å². The van der Waals surface area contributed by atoms with Crippen molar-refractivity contribution in [3.8, 4) is 0 Å². The third-order valence-corrected chi connectivity index (χ3v) is 5.12. The molecule has 1 aliphatic rings. The third kappa shape index (κ3) is 5.33. The molecule has 1 saturated heterocycles. The highest BCUT2D eigenvalue weighted by atomic mass is 16.2. The van der Waals surface area contributed by atoms with E-state index in [9.17, 15) is 9.59 Å². The highest BCUT2D eigenvalue weighted by molar-refractivity contribution is 5.91. The van der Waals surface area contributed by atoms with E-state index >= 15 is 0 Å². The summed E-state index contributed by atoms with van der Waals surface area (Å²) in [6.07, 6.45) is 2.62. The van der Waals surface area contributed by atoms with Gasteiger partial charge in [0, 0.05) is 19.3 Å². The Kier molecular flexibility index (Phi) is 7.03. The second kappa shape index (κ2) is 9.90. The average molecular weight is 380 g/mol. The molecule has 0 saturated carbocycles. The van der Waals surface area contributed by atoms with Crippen molar-refractivity contribution in [2.24, 2.45) is 0 Å². The summed E-state index contributed by atoms with van der Waals surface area (Å²) in [5, 5.41) is 8.51. The Labute approximate surface area is 166 Å². The first kappa shape index (κ1) is 19.9. The Morgan fingerprint density at radius 2 is 1.68 bits per heavy atom. The van der Waals surface area contributed by atoms with E-state index in [0.29, 0.717) is 12.2 Å². The second-order valence-electron chi connectivity index (χ2n) is 7.01. The molecule has 2 aromatic rings. The van der Waals surface area contributed by atoms with E-state index in [2.05, 4.69) is 33.0 Å². The van der Waals surface area contributed by atoms with Gasteiger partial charge in [-0.2, -0.15) is 0 Å². The van der Waals surface area contributed by atoms with Gasteiger partial charge in [-0.25, -0.2) is 4.79 Å². The zero-order chi connectivity index (χ0) is 19.8. The fourth-order valence-corrected chi connectivity index (χ4v) is 3.60. The van der Waals surface area contributed by atoms with Crippen LogP contribution >= 0.6 is 0 Å². The van der Waals surface area contributed by atoms with Gasteiger partial charge in [-0.15, -0.1) is 0 Å². The Hall–Kier alpha value is -2.86. The number of nitrogens with zero attached hydrogens (tertiary/aromatic N) is 1. The molecule has 0 spiro atoms. The number of carbonyl (C=O) groups excluding carboxylic acids is 2. The lowest BCUT2D eigenvalue weighted by Gasteiger charge is -2.28. The minimum Gasteiger partial charge on any atom is -0.359 e. The largest absolute Gasteiger partial charge is 0.359 e. The molecule has 6 heteroatoms. The van der Waals surface area contributed by atoms with Gasteiger partial charge in [0.2, 0.25) is 5.91 Å². The molecule has 3 amide bonds. The van der Waals surface area contributed by atoms with Crippen LogP contribution in [0.3, 0.4) is 0 Å². The molecule has 148 valence electrons. The highest BCUT2D eigenvalue weighted by Gasteiger charge is 2.23. The van der Waals surface area contributed by atoms with Gasteiger partial charge in [-0.1, -0.05) is 48.5 Å². The number of nitrogens with one attached hydrogen (secondary N) is 3. The number of rotatable bonds is 7. The Balaban J connectivity index is 1.63. The van der Waals surface area contributed by atoms with E-state index < -0.39 is 0 Å². The molecule has 3 rings (SSSR count). The minimum absolute atomic E-state index is 0.0900. The lowest BCUT2D eigenvalue weighted by atomic mass is 10.1. The first-order valence-corrected chi connectivity index (χ1v) is 9.79. The number of likely N-dealkylation sites (tertiary alicyclic amines) is 1. The van der Waals surface area contributed by atoms with E-state index in [1.807, 2.05) is 42.5 Å². The van der Waals surface area contributed by atoms with Crippen LogP contribution in [-0.4, -0.2) is 43.5 Å². The summed E-state index contributed by atoms with van der Waals surface area (Å²) in [6, 6.07) is 17.6. The molecule has 0 bridgehead atoms. The van der Waals surface area contributed by atoms with Gasteiger partial charge in [-0.05, 0) is 43.1 Å². The average Bonchev–Trinajstić information content (AvgIpc) is 3.25. The maximum atomic E-state index is 12.5. The molecule has 1 unspecified atom stereocenters. The maximum absolute atomic E-state index is 12.5. The van der Waals surface area contributed by atoms with Crippen LogP contribution in [0.15, 0.2) is 54.6 Å². The molecule has 6 nitrogen and oxygen atoms in total. The van der Waals surface area contributed by atoms with E-state index in [0.717, 1.165) is 18.7 Å². The monoisotopic (exact) mass is 380 g/mol. The number of likely N-dealkylation sites (N-methyl/N-ethyl adjacent to an activating group) is 1. The van der Waals surface area contributed by atoms with Gasteiger partial charge < -0.3 is 16.0 Å². The molecule has 0 aromatic heterocycles. The lowest BCUT2D eigenvalue weighted by Crippen LogP contribution is -2.38. The van der Waals surface area contributed by atoms with Crippen LogP contribution in [0.5, 0.6) is 0 Å². The van der Waals surface area contributed by atoms with Crippen LogP contribution in [0.4, 0.5) is 10.5 Å². The second-order valence-corrected chi connectivity index (χ2v) is 7.01. The first-order chi connectivity index (χ1) is 13.7. The smallest absolute Gasteiger partial charge is 0.319 e. The van der Waals surface area contributed by atoms with Crippen LogP contribution < -0.4 is 16.0 Å². The lowest BCUT2D eigenvalue weighted by molar-refractivity contribution is -0.119. The van der Waals surface area contributed by atoms with Crippen molar-refractivity contribution < 1.29 is 9.59 Å². The molecule has 28 heavy (non-hydrogen) atoms. The van der Waals surface area contributed by atoms with Gasteiger partial charge in [0.15, 0.2) is 0 Å². The van der Waals surface area contributed by atoms with Crippen LogP contribution in [0.1, 0.15) is 30.0 Å². The number of para-hydroxylation sites is 1. The number of benzene rings is 2. The molecule has 3 N–H and O–H groups in total. The van der Waals surface area contributed by atoms with Crippen molar-refractivity contribution in [2.45, 2.75) is 25.3 Å². The molecular formula is C22H28N4O2. The fourth-order valence-electron chi connectivity index (χ4n) is 3.60. The molecule has 1 atom stereocenters. The van der Waals surface area contributed by atoms with Crippen molar-refractivity contribution in [1.29, 1.82) is 0 Å². The van der Waals surface area contributed by atoms with Gasteiger partial charge in [-0.3, -0.25) is 9.69 Å². The molecule has 1 heterocycles. The quantitative estimate of drug-likeness (QED) is 0.691. The Morgan fingerprint density at radius 3 is 2.39 bits per heavy atom. The number of hydrogen-bond donors (Lipinski definition) is 3. The zero-order valence-corrected chi connectivity index (χ0v) is 16.3. The summed E-state index contributed by atoms with van der Waals surface area (Å²) in [7, 11) is 1.60. The van der Waals surface area contributed by atoms with E-state index in [4.69, 9.17) is 0 Å². The van der Waals surface area contributed by atoms with Gasteiger partial charge in [0.05, 0.1) is 12.5 Å². The summed E-state index contributed by atoms with van der Waals surface area (Å²) in [6.45, 7) is 2.64. The number of anilines is 1. The summed E-state index contributed by atoms with van der Waals surface area (Å²) < 4.78 is 0. The fraction of sp³-hybridized carbons (Fsp3) is 0.364. The SMILES string of the molecule is CNC(=O)Cc1ccccc1NC(=O)NCC(c1ccccc1)N1CCCC1. The van der Waals surface area contributed by atoms with Gasteiger partial charge in [0.25, 0.3) is 0 Å². The predicted octanol–water partition coefficient (Wildman–Crippen LogP) is 2.93. The standard InChI is InChI=1S/C22H28N4O2/c1-23-21(27)15-18-11-5-6-12-19(18)25-22(28)24-16-20(26-13-7-8-14-26)17-9-3-2-4-10-17/h2-6,9-12,20H,7-8,13-16H2,1H3,(H,23,27)(H2,24,25,28). The zero-order valence-electron chi connectivity index (χ0n) is 16.3. The van der Waals surface area contributed by atoms with E-state index in [1.54, 1.807) is 7.05 Å². The molecule has 0 aliphatic carbocycles. The summed E-state index contributed by atoms with van der Waals surface area (Å²) in [5.74, 6) is -0.0900. The van der Waals surface area contributed by atoms with Crippen molar-refractivity contribution in [3.05, 3.63) is 65.7 Å². The van der Waals surface area contributed by atoms with Gasteiger partial charge >= 0.3 is 6.03 Å². The first-order valence-electron chi connectivity index (χ1n) is 9.79. The molecule has 2 aromatic carbocycles. The van der Waals surface area contributed by atoms with Gasteiger partial charge in [0.1, 0.15) is 0 Å². The van der Waals surface area contributed by atoms with E-state index in [-0.39, 0.29) is 24.4 Å². The Bertz CT molecular complexity index is 788. The summed E-state index contributed by atoms with van der Waals surface area (Å²) >= 11 is 0. The molecular weight excluding hydrogens is 352 g/mol. The van der Waals surface area contributed by atoms with Crippen molar-refractivity contribution in [1.82, 2.24) is 15.5 Å².